The minimum Gasteiger partial charge on any atom is -0.493 e. The Kier molecular flexibility index (Phi) is 8.57. The van der Waals surface area contributed by atoms with E-state index < -0.39 is 6.09 Å². The molecular formula is C21H32N2O6. The molecule has 8 heteroatoms. The first-order valence-corrected chi connectivity index (χ1v) is 9.99. The Hall–Kier alpha value is -2.48. The Morgan fingerprint density at radius 3 is 2.62 bits per heavy atom. The van der Waals surface area contributed by atoms with Crippen LogP contribution in [0.5, 0.6) is 11.5 Å². The van der Waals surface area contributed by atoms with Gasteiger partial charge in [-0.3, -0.25) is 4.79 Å². The molecule has 1 fully saturated rings. The molecule has 0 aromatic heterocycles. The van der Waals surface area contributed by atoms with E-state index >= 15 is 0 Å². The zero-order valence-electron chi connectivity index (χ0n) is 17.7. The lowest BCUT2D eigenvalue weighted by Gasteiger charge is -2.40. The number of hydrogen-bond donors (Lipinski definition) is 1. The van der Waals surface area contributed by atoms with Gasteiger partial charge in [0, 0.05) is 44.8 Å². The molecule has 0 aliphatic carbocycles. The molecule has 2 rings (SSSR count). The van der Waals surface area contributed by atoms with Crippen molar-refractivity contribution in [1.29, 1.82) is 0 Å². The summed E-state index contributed by atoms with van der Waals surface area (Å²) in [5.74, 6) is 0.931. The van der Waals surface area contributed by atoms with Gasteiger partial charge < -0.3 is 29.1 Å². The number of carbonyl (C=O) groups is 2. The van der Waals surface area contributed by atoms with E-state index in [9.17, 15) is 14.7 Å². The van der Waals surface area contributed by atoms with Crippen molar-refractivity contribution >= 4 is 12.0 Å². The zero-order chi connectivity index (χ0) is 21.4. The SMILES string of the molecule is COCCCOc1cc(C(=O)N(C(C)C)[C@@H]2CCCN(C(=O)O)C2)ccc1OC. The molecule has 0 radical (unpaired) electrons. The van der Waals surface area contributed by atoms with Crippen LogP contribution >= 0.6 is 0 Å². The number of methoxy groups -OCH3 is 2. The van der Waals surface area contributed by atoms with Crippen LogP contribution in [0, 0.1) is 0 Å². The number of carbonyl (C=O) groups excluding carboxylic acids is 1. The molecule has 0 saturated carbocycles. The molecule has 8 nitrogen and oxygen atoms in total. The lowest BCUT2D eigenvalue weighted by atomic mass is 10.0. The predicted molar refractivity (Wildman–Crippen MR) is 109 cm³/mol. The number of nitrogens with zero attached hydrogens (tertiary/aromatic N) is 2. The third-order valence-corrected chi connectivity index (χ3v) is 5.01. The van der Waals surface area contributed by atoms with Crippen LogP contribution in [0.25, 0.3) is 0 Å². The number of piperidine rings is 1. The van der Waals surface area contributed by atoms with Crippen molar-refractivity contribution in [2.75, 3.05) is 40.5 Å². The molecule has 1 saturated heterocycles. The van der Waals surface area contributed by atoms with Gasteiger partial charge in [0.25, 0.3) is 5.91 Å². The van der Waals surface area contributed by atoms with Crippen LogP contribution in [0.3, 0.4) is 0 Å². The van der Waals surface area contributed by atoms with Gasteiger partial charge in [-0.05, 0) is 44.9 Å². The Labute approximate surface area is 172 Å². The number of carboxylic acid groups (broad SMARTS) is 1. The number of rotatable bonds is 9. The summed E-state index contributed by atoms with van der Waals surface area (Å²) in [6.45, 7) is 5.77. The molecule has 1 aliphatic heterocycles. The van der Waals surface area contributed by atoms with E-state index in [1.807, 2.05) is 13.8 Å². The van der Waals surface area contributed by atoms with Gasteiger partial charge >= 0.3 is 6.09 Å². The molecule has 1 heterocycles. The summed E-state index contributed by atoms with van der Waals surface area (Å²) in [5.41, 5.74) is 0.494. The maximum Gasteiger partial charge on any atom is 0.407 e. The summed E-state index contributed by atoms with van der Waals surface area (Å²) < 4.78 is 16.2. The van der Waals surface area contributed by atoms with E-state index in [0.717, 1.165) is 19.3 Å². The summed E-state index contributed by atoms with van der Waals surface area (Å²) in [5, 5.41) is 9.33. The van der Waals surface area contributed by atoms with Crippen molar-refractivity contribution in [3.63, 3.8) is 0 Å². The van der Waals surface area contributed by atoms with Crippen molar-refractivity contribution in [2.24, 2.45) is 0 Å². The van der Waals surface area contributed by atoms with Crippen LogP contribution < -0.4 is 9.47 Å². The Balaban J connectivity index is 2.21. The topological polar surface area (TPSA) is 88.5 Å². The number of amides is 2. The first kappa shape index (κ1) is 22.8. The van der Waals surface area contributed by atoms with Gasteiger partial charge in [-0.1, -0.05) is 0 Å². The fraction of sp³-hybridized carbons (Fsp3) is 0.619. The summed E-state index contributed by atoms with van der Waals surface area (Å²) in [6.07, 6.45) is 1.30. The fourth-order valence-electron chi connectivity index (χ4n) is 3.63. The third kappa shape index (κ3) is 6.00. The molecule has 1 N–H and O–H groups in total. The monoisotopic (exact) mass is 408 g/mol. The lowest BCUT2D eigenvalue weighted by Crippen LogP contribution is -2.53. The highest BCUT2D eigenvalue weighted by Crippen LogP contribution is 2.30. The van der Waals surface area contributed by atoms with Crippen molar-refractivity contribution in [1.82, 2.24) is 9.80 Å². The first-order valence-electron chi connectivity index (χ1n) is 9.99. The van der Waals surface area contributed by atoms with E-state index in [-0.39, 0.29) is 18.0 Å². The number of hydrogen-bond acceptors (Lipinski definition) is 5. The average molecular weight is 408 g/mol. The minimum absolute atomic E-state index is 0.0607. The van der Waals surface area contributed by atoms with Crippen LogP contribution in [-0.4, -0.2) is 79.5 Å². The third-order valence-electron chi connectivity index (χ3n) is 5.01. The number of likely N-dealkylation sites (tertiary alicyclic amines) is 1. The summed E-state index contributed by atoms with van der Waals surface area (Å²) in [6, 6.07) is 4.93. The lowest BCUT2D eigenvalue weighted by molar-refractivity contribution is 0.0449. The smallest absolute Gasteiger partial charge is 0.407 e. The van der Waals surface area contributed by atoms with Crippen LogP contribution in [-0.2, 0) is 4.74 Å². The quantitative estimate of drug-likeness (QED) is 0.632. The Morgan fingerprint density at radius 2 is 2.00 bits per heavy atom. The van der Waals surface area contributed by atoms with Gasteiger partial charge in [0.1, 0.15) is 0 Å². The van der Waals surface area contributed by atoms with Crippen LogP contribution in [0.2, 0.25) is 0 Å². The standard InChI is InChI=1S/C21H32N2O6/c1-15(2)23(17-7-5-10-22(14-17)21(25)26)20(24)16-8-9-18(28-4)19(13-16)29-12-6-11-27-3/h8-9,13,15,17H,5-7,10-12,14H2,1-4H3,(H,25,26)/t17-/m1/s1. The molecule has 0 bridgehead atoms. The largest absolute Gasteiger partial charge is 0.493 e. The maximum atomic E-state index is 13.3. The van der Waals surface area contributed by atoms with Gasteiger partial charge in [-0.25, -0.2) is 4.79 Å². The van der Waals surface area contributed by atoms with E-state index in [0.29, 0.717) is 43.4 Å². The van der Waals surface area contributed by atoms with Crippen molar-refractivity contribution in [3.05, 3.63) is 23.8 Å². The van der Waals surface area contributed by atoms with Crippen LogP contribution in [0.15, 0.2) is 18.2 Å². The molecule has 1 aromatic carbocycles. The zero-order valence-corrected chi connectivity index (χ0v) is 17.7. The van der Waals surface area contributed by atoms with Crippen LogP contribution in [0.1, 0.15) is 43.5 Å². The molecule has 0 unspecified atom stereocenters. The van der Waals surface area contributed by atoms with Gasteiger partial charge in [0.2, 0.25) is 0 Å². The summed E-state index contributed by atoms with van der Waals surface area (Å²) in [4.78, 5) is 27.9. The normalized spacial score (nSPS) is 16.6. The average Bonchev–Trinajstić information content (AvgIpc) is 2.71. The highest BCUT2D eigenvalue weighted by atomic mass is 16.5. The van der Waals surface area contributed by atoms with Gasteiger partial charge in [-0.15, -0.1) is 0 Å². The molecule has 1 atom stereocenters. The Morgan fingerprint density at radius 1 is 1.24 bits per heavy atom. The van der Waals surface area contributed by atoms with Crippen molar-refractivity contribution in [3.8, 4) is 11.5 Å². The highest BCUT2D eigenvalue weighted by Gasteiger charge is 2.32. The second-order valence-corrected chi connectivity index (χ2v) is 7.39. The van der Waals surface area contributed by atoms with Gasteiger partial charge in [-0.2, -0.15) is 0 Å². The van der Waals surface area contributed by atoms with Gasteiger partial charge in [0.15, 0.2) is 11.5 Å². The van der Waals surface area contributed by atoms with E-state index in [1.54, 1.807) is 37.3 Å². The molecule has 29 heavy (non-hydrogen) atoms. The molecule has 0 spiro atoms. The van der Waals surface area contributed by atoms with Crippen LogP contribution in [0.4, 0.5) is 4.79 Å². The van der Waals surface area contributed by atoms with E-state index in [1.165, 1.54) is 4.90 Å². The van der Waals surface area contributed by atoms with Crippen molar-refractivity contribution in [2.45, 2.75) is 45.2 Å². The molecule has 1 aromatic rings. The maximum absolute atomic E-state index is 13.3. The fourth-order valence-corrected chi connectivity index (χ4v) is 3.63. The number of ether oxygens (including phenoxy) is 3. The van der Waals surface area contributed by atoms with E-state index in [4.69, 9.17) is 14.2 Å². The van der Waals surface area contributed by atoms with E-state index in [2.05, 4.69) is 0 Å². The molecule has 1 aliphatic rings. The first-order chi connectivity index (χ1) is 13.9. The van der Waals surface area contributed by atoms with Gasteiger partial charge in [0.05, 0.1) is 19.8 Å². The molecule has 2 amide bonds. The second kappa shape index (κ2) is 10.9. The molecular weight excluding hydrogens is 376 g/mol. The summed E-state index contributed by atoms with van der Waals surface area (Å²) in [7, 11) is 3.19. The van der Waals surface area contributed by atoms with Crippen molar-refractivity contribution < 1.29 is 28.9 Å². The number of benzene rings is 1. The minimum atomic E-state index is -0.943. The molecule has 162 valence electrons. The summed E-state index contributed by atoms with van der Waals surface area (Å²) >= 11 is 0. The predicted octanol–water partition coefficient (Wildman–Crippen LogP) is 3.10. The highest BCUT2D eigenvalue weighted by molar-refractivity contribution is 5.95. The Bertz CT molecular complexity index is 694. The second-order valence-electron chi connectivity index (χ2n) is 7.39.